The molecule has 1 rings (SSSR count). The molecular formula is C15H16F6N2O2. The van der Waals surface area contributed by atoms with Gasteiger partial charge in [-0.25, -0.2) is 0 Å². The first kappa shape index (κ1) is 20.8. The number of carbonyl (C=O) groups is 2. The lowest BCUT2D eigenvalue weighted by molar-refractivity contribution is -0.143. The molecule has 0 aliphatic carbocycles. The van der Waals surface area contributed by atoms with Crippen molar-refractivity contribution in [3.05, 3.63) is 34.9 Å². The standard InChI is InChI=1S/C15H16F6N2O2/c1-7(2)3-11(12(22)24)23-13(25)8-4-9(14(16,17)18)6-10(5-8)15(19,20)21/h4-7,11H,3H2,1-2H3,(H2,22,24)(H,23,25)/t11-/m0/s1. The Balaban J connectivity index is 3.26. The van der Waals surface area contributed by atoms with Gasteiger partial charge in [0.2, 0.25) is 5.91 Å². The van der Waals surface area contributed by atoms with E-state index in [4.69, 9.17) is 5.73 Å². The van der Waals surface area contributed by atoms with Crippen molar-refractivity contribution in [1.82, 2.24) is 5.32 Å². The molecule has 0 spiro atoms. The highest BCUT2D eigenvalue weighted by Gasteiger charge is 2.37. The van der Waals surface area contributed by atoms with Crippen LogP contribution in [0.3, 0.4) is 0 Å². The zero-order chi connectivity index (χ0) is 19.6. The lowest BCUT2D eigenvalue weighted by Gasteiger charge is -2.19. The number of nitrogens with one attached hydrogen (secondary N) is 1. The Hall–Kier alpha value is -2.26. The van der Waals surface area contributed by atoms with E-state index in [1.54, 1.807) is 13.8 Å². The van der Waals surface area contributed by atoms with Gasteiger partial charge in [0.25, 0.3) is 5.91 Å². The molecule has 25 heavy (non-hydrogen) atoms. The maximum atomic E-state index is 12.8. The first-order valence-corrected chi connectivity index (χ1v) is 7.11. The van der Waals surface area contributed by atoms with Crippen LogP contribution in [0, 0.1) is 5.92 Å². The van der Waals surface area contributed by atoms with Gasteiger partial charge >= 0.3 is 12.4 Å². The molecule has 0 heterocycles. The molecule has 0 bridgehead atoms. The molecular weight excluding hydrogens is 354 g/mol. The van der Waals surface area contributed by atoms with Crippen molar-refractivity contribution in [2.75, 3.05) is 0 Å². The van der Waals surface area contributed by atoms with E-state index in [9.17, 15) is 35.9 Å². The van der Waals surface area contributed by atoms with Crippen LogP contribution in [0.4, 0.5) is 26.3 Å². The number of carbonyl (C=O) groups excluding carboxylic acids is 2. The molecule has 0 aliphatic heterocycles. The molecule has 0 fully saturated rings. The molecule has 4 nitrogen and oxygen atoms in total. The van der Waals surface area contributed by atoms with E-state index >= 15 is 0 Å². The average molecular weight is 370 g/mol. The highest BCUT2D eigenvalue weighted by molar-refractivity contribution is 5.97. The molecule has 140 valence electrons. The molecule has 1 aromatic carbocycles. The summed E-state index contributed by atoms with van der Waals surface area (Å²) in [7, 11) is 0. The van der Waals surface area contributed by atoms with Crippen LogP contribution in [0.2, 0.25) is 0 Å². The Morgan fingerprint density at radius 2 is 1.44 bits per heavy atom. The molecule has 0 saturated heterocycles. The molecule has 3 N–H and O–H groups in total. The Kier molecular flexibility index (Phi) is 6.09. The van der Waals surface area contributed by atoms with Gasteiger partial charge in [-0.1, -0.05) is 13.8 Å². The fraction of sp³-hybridized carbons (Fsp3) is 0.467. The summed E-state index contributed by atoms with van der Waals surface area (Å²) in [4.78, 5) is 23.3. The van der Waals surface area contributed by atoms with Crippen LogP contribution in [0.25, 0.3) is 0 Å². The normalized spacial score (nSPS) is 13.6. The molecule has 0 aliphatic rings. The van der Waals surface area contributed by atoms with Gasteiger partial charge in [0.15, 0.2) is 0 Å². The number of halogens is 6. The van der Waals surface area contributed by atoms with Crippen LogP contribution in [0.5, 0.6) is 0 Å². The molecule has 1 atom stereocenters. The van der Waals surface area contributed by atoms with E-state index in [0.717, 1.165) is 0 Å². The minimum Gasteiger partial charge on any atom is -0.368 e. The SMILES string of the molecule is CC(C)C[C@H](NC(=O)c1cc(C(F)(F)F)cc(C(F)(F)F)c1)C(N)=O. The highest BCUT2D eigenvalue weighted by atomic mass is 19.4. The van der Waals surface area contributed by atoms with E-state index in [2.05, 4.69) is 5.32 Å². The number of hydrogen-bond donors (Lipinski definition) is 2. The van der Waals surface area contributed by atoms with Crippen LogP contribution < -0.4 is 11.1 Å². The first-order valence-electron chi connectivity index (χ1n) is 7.11. The third-order valence-electron chi connectivity index (χ3n) is 3.21. The number of benzene rings is 1. The molecule has 10 heteroatoms. The zero-order valence-electron chi connectivity index (χ0n) is 13.3. The van der Waals surface area contributed by atoms with Crippen molar-refractivity contribution in [3.63, 3.8) is 0 Å². The van der Waals surface area contributed by atoms with Crippen molar-refractivity contribution in [3.8, 4) is 0 Å². The van der Waals surface area contributed by atoms with Gasteiger partial charge in [0.05, 0.1) is 11.1 Å². The zero-order valence-corrected chi connectivity index (χ0v) is 13.3. The van der Waals surface area contributed by atoms with E-state index in [0.29, 0.717) is 0 Å². The lowest BCUT2D eigenvalue weighted by atomic mass is 10.0. The van der Waals surface area contributed by atoms with Gasteiger partial charge in [-0.3, -0.25) is 9.59 Å². The van der Waals surface area contributed by atoms with E-state index in [1.807, 2.05) is 0 Å². The Bertz CT molecular complexity index is 620. The summed E-state index contributed by atoms with van der Waals surface area (Å²) in [6.45, 7) is 3.41. The maximum absolute atomic E-state index is 12.8. The van der Waals surface area contributed by atoms with Crippen LogP contribution in [-0.2, 0) is 17.1 Å². The summed E-state index contributed by atoms with van der Waals surface area (Å²) < 4.78 is 76.7. The van der Waals surface area contributed by atoms with Crippen LogP contribution >= 0.6 is 0 Å². The van der Waals surface area contributed by atoms with Crippen LogP contribution in [0.15, 0.2) is 18.2 Å². The number of hydrogen-bond acceptors (Lipinski definition) is 2. The van der Waals surface area contributed by atoms with Gasteiger partial charge in [-0.2, -0.15) is 26.3 Å². The highest BCUT2D eigenvalue weighted by Crippen LogP contribution is 2.36. The molecule has 0 unspecified atom stereocenters. The minimum atomic E-state index is -5.07. The Morgan fingerprint density at radius 3 is 1.76 bits per heavy atom. The summed E-state index contributed by atoms with van der Waals surface area (Å²) >= 11 is 0. The number of amides is 2. The van der Waals surface area contributed by atoms with E-state index < -0.39 is 46.9 Å². The summed E-state index contributed by atoms with van der Waals surface area (Å²) in [5.74, 6) is -2.28. The molecule has 0 radical (unpaired) electrons. The largest absolute Gasteiger partial charge is 0.416 e. The van der Waals surface area contributed by atoms with Crippen molar-refractivity contribution < 1.29 is 35.9 Å². The van der Waals surface area contributed by atoms with Crippen molar-refractivity contribution >= 4 is 11.8 Å². The van der Waals surface area contributed by atoms with Crippen molar-refractivity contribution in [2.24, 2.45) is 11.7 Å². The van der Waals surface area contributed by atoms with Crippen LogP contribution in [-0.4, -0.2) is 17.9 Å². The first-order chi connectivity index (χ1) is 11.2. The third-order valence-corrected chi connectivity index (χ3v) is 3.21. The average Bonchev–Trinajstić information content (AvgIpc) is 2.43. The number of rotatable bonds is 5. The fourth-order valence-corrected chi connectivity index (χ4v) is 2.05. The summed E-state index contributed by atoms with van der Waals surface area (Å²) in [6.07, 6.45) is -10.1. The summed E-state index contributed by atoms with van der Waals surface area (Å²) in [5, 5.41) is 2.07. The fourth-order valence-electron chi connectivity index (χ4n) is 2.05. The molecule has 0 saturated carbocycles. The van der Waals surface area contributed by atoms with Gasteiger partial charge < -0.3 is 11.1 Å². The Morgan fingerprint density at radius 1 is 1.00 bits per heavy atom. The van der Waals surface area contributed by atoms with E-state index in [1.165, 1.54) is 0 Å². The predicted octanol–water partition coefficient (Wildman–Crippen LogP) is 3.35. The predicted molar refractivity (Wildman–Crippen MR) is 76.3 cm³/mol. The summed E-state index contributed by atoms with van der Waals surface area (Å²) in [6, 6.07) is -0.719. The smallest absolute Gasteiger partial charge is 0.368 e. The van der Waals surface area contributed by atoms with Gasteiger partial charge in [0.1, 0.15) is 6.04 Å². The van der Waals surface area contributed by atoms with Crippen molar-refractivity contribution in [2.45, 2.75) is 38.7 Å². The monoisotopic (exact) mass is 370 g/mol. The third kappa shape index (κ3) is 5.95. The maximum Gasteiger partial charge on any atom is 0.416 e. The quantitative estimate of drug-likeness (QED) is 0.781. The topological polar surface area (TPSA) is 72.2 Å². The second kappa shape index (κ2) is 7.32. The number of primary amides is 1. The number of alkyl halides is 6. The van der Waals surface area contributed by atoms with Gasteiger partial charge in [-0.05, 0) is 30.5 Å². The van der Waals surface area contributed by atoms with Crippen molar-refractivity contribution in [1.29, 1.82) is 0 Å². The minimum absolute atomic E-state index is 0.0868. The van der Waals surface area contributed by atoms with Gasteiger partial charge in [0, 0.05) is 5.56 Å². The van der Waals surface area contributed by atoms with Gasteiger partial charge in [-0.15, -0.1) is 0 Å². The molecule has 2 amide bonds. The second-order valence-electron chi connectivity index (χ2n) is 5.85. The van der Waals surface area contributed by atoms with E-state index in [-0.39, 0.29) is 30.5 Å². The lowest BCUT2D eigenvalue weighted by Crippen LogP contribution is -2.45. The second-order valence-corrected chi connectivity index (χ2v) is 5.85. The molecule has 1 aromatic rings. The summed E-state index contributed by atoms with van der Waals surface area (Å²) in [5.41, 5.74) is 0.995. The molecule has 0 aromatic heterocycles. The Labute approximate surface area is 139 Å². The van der Waals surface area contributed by atoms with Crippen LogP contribution in [0.1, 0.15) is 41.8 Å². The number of nitrogens with two attached hydrogens (primary N) is 1.